The van der Waals surface area contributed by atoms with Gasteiger partial charge in [0.2, 0.25) is 0 Å². The molecular formula is C19H21N3O2. The fourth-order valence-electron chi connectivity index (χ4n) is 3.86. The van der Waals surface area contributed by atoms with Crippen LogP contribution in [0.3, 0.4) is 0 Å². The minimum atomic E-state index is -0.201. The maximum atomic E-state index is 12.9. The lowest BCUT2D eigenvalue weighted by molar-refractivity contribution is -0.136. The molecule has 1 N–H and O–H groups in total. The number of piperidine rings is 1. The Morgan fingerprint density at radius 1 is 1.00 bits per heavy atom. The molecule has 0 aliphatic carbocycles. The first-order chi connectivity index (χ1) is 11.6. The van der Waals surface area contributed by atoms with Crippen molar-refractivity contribution in [2.24, 2.45) is 0 Å². The van der Waals surface area contributed by atoms with Crippen LogP contribution < -0.4 is 0 Å². The predicted octanol–water partition coefficient (Wildman–Crippen LogP) is 2.67. The molecule has 1 saturated heterocycles. The van der Waals surface area contributed by atoms with Crippen molar-refractivity contribution < 1.29 is 9.59 Å². The summed E-state index contributed by atoms with van der Waals surface area (Å²) < 4.78 is 0. The zero-order valence-electron chi connectivity index (χ0n) is 14.1. The highest BCUT2D eigenvalue weighted by atomic mass is 16.2. The first kappa shape index (κ1) is 15.0. The van der Waals surface area contributed by atoms with Crippen molar-refractivity contribution in [1.29, 1.82) is 0 Å². The van der Waals surface area contributed by atoms with E-state index >= 15 is 0 Å². The van der Waals surface area contributed by atoms with Gasteiger partial charge in [0.1, 0.15) is 5.70 Å². The van der Waals surface area contributed by atoms with E-state index in [9.17, 15) is 9.59 Å². The summed E-state index contributed by atoms with van der Waals surface area (Å²) in [5.74, 6) is -0.380. The summed E-state index contributed by atoms with van der Waals surface area (Å²) in [6.07, 6.45) is 3.31. The van der Waals surface area contributed by atoms with Gasteiger partial charge in [-0.2, -0.15) is 0 Å². The van der Waals surface area contributed by atoms with E-state index in [1.165, 1.54) is 11.3 Å². The van der Waals surface area contributed by atoms with Crippen LogP contribution in [0.25, 0.3) is 16.5 Å². The number of fused-ring (bicyclic) bond motifs is 1. The van der Waals surface area contributed by atoms with E-state index in [4.69, 9.17) is 0 Å². The van der Waals surface area contributed by atoms with Crippen LogP contribution in [-0.2, 0) is 9.59 Å². The van der Waals surface area contributed by atoms with Crippen molar-refractivity contribution in [3.8, 4) is 0 Å². The normalized spacial score (nSPS) is 19.1. The van der Waals surface area contributed by atoms with E-state index in [-0.39, 0.29) is 11.8 Å². The van der Waals surface area contributed by atoms with Gasteiger partial charge >= 0.3 is 0 Å². The van der Waals surface area contributed by atoms with E-state index in [0.29, 0.717) is 11.3 Å². The van der Waals surface area contributed by atoms with Gasteiger partial charge < -0.3 is 9.88 Å². The van der Waals surface area contributed by atoms with Gasteiger partial charge in [-0.25, -0.2) is 0 Å². The summed E-state index contributed by atoms with van der Waals surface area (Å²) in [7, 11) is 1.58. The standard InChI is InChI=1S/C19H21N3O2/c1-12-15(13-8-4-5-9-14(13)20-12)16-17(19(24)21(2)18(16)23)22-10-6-3-7-11-22/h4-5,8-9,20H,3,6-7,10-11H2,1-2H3. The first-order valence-corrected chi connectivity index (χ1v) is 8.49. The number of aryl methyl sites for hydroxylation is 1. The Morgan fingerprint density at radius 2 is 1.71 bits per heavy atom. The number of nitrogens with zero attached hydrogens (tertiary/aromatic N) is 2. The SMILES string of the molecule is Cc1[nH]c2ccccc2c1C1=C(N2CCCCC2)C(=O)N(C)C1=O. The lowest BCUT2D eigenvalue weighted by Crippen LogP contribution is -2.35. The number of likely N-dealkylation sites (N-methyl/N-ethyl adjacent to an activating group) is 1. The summed E-state index contributed by atoms with van der Waals surface area (Å²) in [5.41, 5.74) is 3.92. The van der Waals surface area contributed by atoms with Crippen LogP contribution in [0.15, 0.2) is 30.0 Å². The quantitative estimate of drug-likeness (QED) is 0.865. The number of rotatable bonds is 2. The minimum Gasteiger partial charge on any atom is -0.366 e. The number of hydrogen-bond donors (Lipinski definition) is 1. The molecule has 2 aromatic rings. The number of benzene rings is 1. The first-order valence-electron chi connectivity index (χ1n) is 8.49. The summed E-state index contributed by atoms with van der Waals surface area (Å²) in [4.78, 5) is 32.3. The molecular weight excluding hydrogens is 302 g/mol. The molecule has 0 bridgehead atoms. The third-order valence-electron chi connectivity index (χ3n) is 5.08. The lowest BCUT2D eigenvalue weighted by Gasteiger charge is -2.29. The van der Waals surface area contributed by atoms with Gasteiger partial charge in [0.25, 0.3) is 11.8 Å². The molecule has 2 aliphatic rings. The zero-order valence-corrected chi connectivity index (χ0v) is 14.1. The molecule has 0 unspecified atom stereocenters. The van der Waals surface area contributed by atoms with Gasteiger partial charge in [0, 0.05) is 42.3 Å². The van der Waals surface area contributed by atoms with Gasteiger partial charge in [-0.3, -0.25) is 14.5 Å². The van der Waals surface area contributed by atoms with Crippen molar-refractivity contribution in [2.75, 3.05) is 20.1 Å². The summed E-state index contributed by atoms with van der Waals surface area (Å²) >= 11 is 0. The van der Waals surface area contributed by atoms with Crippen LogP contribution in [-0.4, -0.2) is 46.7 Å². The fraction of sp³-hybridized carbons (Fsp3) is 0.368. The largest absolute Gasteiger partial charge is 0.366 e. The Balaban J connectivity index is 1.97. The molecule has 124 valence electrons. The number of hydrogen-bond acceptors (Lipinski definition) is 3. The van der Waals surface area contributed by atoms with Crippen molar-refractivity contribution >= 4 is 28.3 Å². The predicted molar refractivity (Wildman–Crippen MR) is 93.2 cm³/mol. The maximum absolute atomic E-state index is 12.9. The summed E-state index contributed by atoms with van der Waals surface area (Å²) in [5, 5.41) is 0.996. The molecule has 0 saturated carbocycles. The number of para-hydroxylation sites is 1. The van der Waals surface area contributed by atoms with Crippen LogP contribution in [0.1, 0.15) is 30.5 Å². The van der Waals surface area contributed by atoms with E-state index in [0.717, 1.165) is 48.1 Å². The topological polar surface area (TPSA) is 56.4 Å². The molecule has 1 aromatic heterocycles. The van der Waals surface area contributed by atoms with Crippen LogP contribution >= 0.6 is 0 Å². The average molecular weight is 323 g/mol. The Bertz CT molecular complexity index is 872. The number of H-pyrrole nitrogens is 1. The minimum absolute atomic E-state index is 0.179. The molecule has 5 nitrogen and oxygen atoms in total. The third kappa shape index (κ3) is 2.08. The number of nitrogens with one attached hydrogen (secondary N) is 1. The van der Waals surface area contributed by atoms with E-state index < -0.39 is 0 Å². The molecule has 1 fully saturated rings. The number of aromatic nitrogens is 1. The molecule has 3 heterocycles. The molecule has 2 amide bonds. The zero-order chi connectivity index (χ0) is 16.8. The molecule has 24 heavy (non-hydrogen) atoms. The number of amides is 2. The molecule has 4 rings (SSSR count). The Kier molecular flexibility index (Phi) is 3.44. The average Bonchev–Trinajstić information content (AvgIpc) is 3.04. The van der Waals surface area contributed by atoms with Crippen molar-refractivity contribution in [3.63, 3.8) is 0 Å². The van der Waals surface area contributed by atoms with E-state index in [1.54, 1.807) is 7.05 Å². The second-order valence-corrected chi connectivity index (χ2v) is 6.61. The number of carbonyl (C=O) groups is 2. The van der Waals surface area contributed by atoms with Crippen LogP contribution in [0.2, 0.25) is 0 Å². The molecule has 0 spiro atoms. The molecule has 0 radical (unpaired) electrons. The summed E-state index contributed by atoms with van der Waals surface area (Å²) in [6, 6.07) is 7.93. The van der Waals surface area contributed by atoms with Crippen LogP contribution in [0, 0.1) is 6.92 Å². The Morgan fingerprint density at radius 3 is 2.46 bits per heavy atom. The number of carbonyl (C=O) groups excluding carboxylic acids is 2. The highest BCUT2D eigenvalue weighted by molar-refractivity contribution is 6.37. The Hall–Kier alpha value is -2.56. The van der Waals surface area contributed by atoms with E-state index in [1.807, 2.05) is 31.2 Å². The van der Waals surface area contributed by atoms with Gasteiger partial charge in [0.05, 0.1) is 5.57 Å². The molecule has 0 atom stereocenters. The molecule has 1 aromatic carbocycles. The summed E-state index contributed by atoms with van der Waals surface area (Å²) in [6.45, 7) is 3.65. The molecule has 2 aliphatic heterocycles. The number of likely N-dealkylation sites (tertiary alicyclic amines) is 1. The lowest BCUT2D eigenvalue weighted by atomic mass is 9.99. The van der Waals surface area contributed by atoms with Crippen LogP contribution in [0.4, 0.5) is 0 Å². The van der Waals surface area contributed by atoms with Gasteiger partial charge in [0.15, 0.2) is 0 Å². The number of aromatic amines is 1. The van der Waals surface area contributed by atoms with Crippen LogP contribution in [0.5, 0.6) is 0 Å². The van der Waals surface area contributed by atoms with Crippen molar-refractivity contribution in [1.82, 2.24) is 14.8 Å². The number of imide groups is 1. The van der Waals surface area contributed by atoms with Crippen molar-refractivity contribution in [3.05, 3.63) is 41.2 Å². The second kappa shape index (κ2) is 5.51. The van der Waals surface area contributed by atoms with Gasteiger partial charge in [-0.05, 0) is 32.3 Å². The maximum Gasteiger partial charge on any atom is 0.277 e. The van der Waals surface area contributed by atoms with E-state index in [2.05, 4.69) is 9.88 Å². The van der Waals surface area contributed by atoms with Gasteiger partial charge in [-0.15, -0.1) is 0 Å². The smallest absolute Gasteiger partial charge is 0.277 e. The third-order valence-corrected chi connectivity index (χ3v) is 5.08. The highest BCUT2D eigenvalue weighted by Gasteiger charge is 2.41. The second-order valence-electron chi connectivity index (χ2n) is 6.61. The van der Waals surface area contributed by atoms with Gasteiger partial charge in [-0.1, -0.05) is 18.2 Å². The monoisotopic (exact) mass is 323 g/mol. The Labute approximate surface area is 140 Å². The fourth-order valence-corrected chi connectivity index (χ4v) is 3.86. The molecule has 5 heteroatoms. The van der Waals surface area contributed by atoms with Crippen molar-refractivity contribution in [2.45, 2.75) is 26.2 Å². The highest BCUT2D eigenvalue weighted by Crippen LogP contribution is 2.37.